The second-order valence-electron chi connectivity index (χ2n) is 3.36. The highest BCUT2D eigenvalue weighted by Crippen LogP contribution is 2.00. The predicted octanol–water partition coefficient (Wildman–Crippen LogP) is 3.05. The fraction of sp³-hybridized carbons (Fsp3) is 0.900. The first-order valence-electron chi connectivity index (χ1n) is 4.64. The van der Waals surface area contributed by atoms with Gasteiger partial charge in [-0.2, -0.15) is 0 Å². The Labute approximate surface area is 71.1 Å². The maximum absolute atomic E-state index is 5.42. The summed E-state index contributed by atoms with van der Waals surface area (Å²) in [5.41, 5.74) is 0. The lowest BCUT2D eigenvalue weighted by molar-refractivity contribution is 0.120. The minimum Gasteiger partial charge on any atom is -0.381 e. The summed E-state index contributed by atoms with van der Waals surface area (Å²) in [7, 11) is 0. The van der Waals surface area contributed by atoms with Gasteiger partial charge < -0.3 is 4.74 Å². The molecule has 1 heteroatoms. The number of unbranched alkanes of at least 4 members (excludes halogenated alkanes) is 2. The summed E-state index contributed by atoms with van der Waals surface area (Å²) < 4.78 is 5.42. The highest BCUT2D eigenvalue weighted by atomic mass is 16.5. The van der Waals surface area contributed by atoms with Crippen molar-refractivity contribution in [1.29, 1.82) is 0 Å². The lowest BCUT2D eigenvalue weighted by Gasteiger charge is -2.05. The van der Waals surface area contributed by atoms with Crippen LogP contribution in [0.5, 0.6) is 0 Å². The zero-order valence-corrected chi connectivity index (χ0v) is 7.94. The zero-order chi connectivity index (χ0) is 8.53. The van der Waals surface area contributed by atoms with Crippen LogP contribution in [-0.2, 0) is 4.74 Å². The normalized spacial score (nSPS) is 10.9. The second-order valence-corrected chi connectivity index (χ2v) is 3.36. The van der Waals surface area contributed by atoms with E-state index < -0.39 is 0 Å². The maximum atomic E-state index is 5.42. The van der Waals surface area contributed by atoms with Crippen LogP contribution >= 0.6 is 0 Å². The van der Waals surface area contributed by atoms with Crippen molar-refractivity contribution >= 4 is 0 Å². The Morgan fingerprint density at radius 2 is 1.91 bits per heavy atom. The quantitative estimate of drug-likeness (QED) is 0.516. The first-order valence-corrected chi connectivity index (χ1v) is 4.64. The average molecular weight is 157 g/mol. The molecule has 0 rings (SSSR count). The van der Waals surface area contributed by atoms with Gasteiger partial charge in [-0.25, -0.2) is 0 Å². The molecule has 0 unspecified atom stereocenters. The molecule has 0 heterocycles. The molecule has 0 amide bonds. The molecule has 0 spiro atoms. The molecule has 0 aromatic carbocycles. The van der Waals surface area contributed by atoms with Crippen molar-refractivity contribution in [3.05, 3.63) is 6.92 Å². The zero-order valence-electron chi connectivity index (χ0n) is 7.94. The lowest BCUT2D eigenvalue weighted by Crippen LogP contribution is -2.00. The summed E-state index contributed by atoms with van der Waals surface area (Å²) in [6.45, 7) is 10.1. The largest absolute Gasteiger partial charge is 0.381 e. The smallest absolute Gasteiger partial charge is 0.0468 e. The van der Waals surface area contributed by atoms with E-state index in [4.69, 9.17) is 4.74 Å². The van der Waals surface area contributed by atoms with E-state index >= 15 is 0 Å². The molecule has 11 heavy (non-hydrogen) atoms. The Balaban J connectivity index is 2.80. The van der Waals surface area contributed by atoms with E-state index in [0.717, 1.165) is 25.6 Å². The minimum absolute atomic E-state index is 0.767. The molecule has 1 nitrogen and oxygen atoms in total. The molecule has 0 aromatic rings. The van der Waals surface area contributed by atoms with Crippen LogP contribution in [0.4, 0.5) is 0 Å². The fourth-order valence-corrected chi connectivity index (χ4v) is 0.802. The van der Waals surface area contributed by atoms with Gasteiger partial charge in [0.1, 0.15) is 0 Å². The van der Waals surface area contributed by atoms with E-state index in [-0.39, 0.29) is 0 Å². The molecular weight excluding hydrogens is 136 g/mol. The van der Waals surface area contributed by atoms with Gasteiger partial charge in [-0.3, -0.25) is 0 Å². The van der Waals surface area contributed by atoms with Crippen LogP contribution in [0.1, 0.15) is 39.5 Å². The van der Waals surface area contributed by atoms with Crippen molar-refractivity contribution in [2.24, 2.45) is 5.92 Å². The van der Waals surface area contributed by atoms with Crippen LogP contribution < -0.4 is 0 Å². The van der Waals surface area contributed by atoms with Gasteiger partial charge in [0, 0.05) is 13.2 Å². The van der Waals surface area contributed by atoms with Gasteiger partial charge >= 0.3 is 0 Å². The molecule has 0 bridgehead atoms. The molecule has 0 aliphatic heterocycles. The van der Waals surface area contributed by atoms with Gasteiger partial charge in [-0.15, -0.1) is 0 Å². The van der Waals surface area contributed by atoms with Crippen LogP contribution in [0.3, 0.4) is 0 Å². The molecule has 1 radical (unpaired) electrons. The molecule has 0 aromatic heterocycles. The molecule has 0 aliphatic rings. The van der Waals surface area contributed by atoms with E-state index in [0.29, 0.717) is 0 Å². The molecule has 0 saturated carbocycles. The summed E-state index contributed by atoms with van der Waals surface area (Å²) in [5, 5.41) is 0. The Hall–Kier alpha value is -0.0400. The third-order valence-corrected chi connectivity index (χ3v) is 1.63. The lowest BCUT2D eigenvalue weighted by atomic mass is 10.1. The first kappa shape index (κ1) is 11.0. The molecule has 0 N–H and O–H groups in total. The summed E-state index contributed by atoms with van der Waals surface area (Å²) in [6.07, 6.45) is 4.58. The van der Waals surface area contributed by atoms with Crippen molar-refractivity contribution < 1.29 is 4.74 Å². The topological polar surface area (TPSA) is 9.23 Å². The Kier molecular flexibility index (Phi) is 8.03. The van der Waals surface area contributed by atoms with Crippen molar-refractivity contribution in [3.8, 4) is 0 Å². The van der Waals surface area contributed by atoms with Crippen molar-refractivity contribution in [2.75, 3.05) is 13.2 Å². The maximum Gasteiger partial charge on any atom is 0.0468 e. The second kappa shape index (κ2) is 8.06. The van der Waals surface area contributed by atoms with E-state index in [1.807, 2.05) is 0 Å². The van der Waals surface area contributed by atoms with Gasteiger partial charge in [0.15, 0.2) is 0 Å². The highest BCUT2D eigenvalue weighted by molar-refractivity contribution is 4.44. The summed E-state index contributed by atoms with van der Waals surface area (Å²) >= 11 is 0. The molecule has 0 aliphatic carbocycles. The van der Waals surface area contributed by atoms with Crippen LogP contribution in [0.25, 0.3) is 0 Å². The van der Waals surface area contributed by atoms with Gasteiger partial charge in [-0.1, -0.05) is 33.6 Å². The van der Waals surface area contributed by atoms with Gasteiger partial charge in [0.2, 0.25) is 0 Å². The molecule has 0 fully saturated rings. The van der Waals surface area contributed by atoms with Gasteiger partial charge in [-0.05, 0) is 18.8 Å². The van der Waals surface area contributed by atoms with Crippen molar-refractivity contribution in [2.45, 2.75) is 39.5 Å². The molecule has 0 saturated heterocycles. The summed E-state index contributed by atoms with van der Waals surface area (Å²) in [4.78, 5) is 0. The third-order valence-electron chi connectivity index (χ3n) is 1.63. The van der Waals surface area contributed by atoms with Crippen LogP contribution in [0, 0.1) is 12.8 Å². The van der Waals surface area contributed by atoms with Gasteiger partial charge in [0.05, 0.1) is 0 Å². The number of hydrogen-bond acceptors (Lipinski definition) is 1. The van der Waals surface area contributed by atoms with Crippen LogP contribution in [-0.4, -0.2) is 13.2 Å². The summed E-state index contributed by atoms with van der Waals surface area (Å²) in [6, 6.07) is 0. The summed E-state index contributed by atoms with van der Waals surface area (Å²) in [5.74, 6) is 0.767. The minimum atomic E-state index is 0.767. The SMILES string of the molecule is [CH2]CCCCOCCC(C)C. The monoisotopic (exact) mass is 157 g/mol. The Morgan fingerprint density at radius 1 is 1.18 bits per heavy atom. The van der Waals surface area contributed by atoms with Crippen molar-refractivity contribution in [3.63, 3.8) is 0 Å². The van der Waals surface area contributed by atoms with E-state index in [9.17, 15) is 0 Å². The predicted molar refractivity (Wildman–Crippen MR) is 49.5 cm³/mol. The third kappa shape index (κ3) is 9.96. The molecular formula is C10H21O. The first-order chi connectivity index (χ1) is 5.27. The van der Waals surface area contributed by atoms with E-state index in [1.54, 1.807) is 0 Å². The highest BCUT2D eigenvalue weighted by Gasteiger charge is 1.93. The Morgan fingerprint density at radius 3 is 2.45 bits per heavy atom. The van der Waals surface area contributed by atoms with E-state index in [1.165, 1.54) is 19.3 Å². The molecule has 0 atom stereocenters. The number of ether oxygens (including phenoxy) is 1. The van der Waals surface area contributed by atoms with Crippen molar-refractivity contribution in [1.82, 2.24) is 0 Å². The Bertz CT molecular complexity index is 69.3. The number of rotatable bonds is 7. The van der Waals surface area contributed by atoms with E-state index in [2.05, 4.69) is 20.8 Å². The standard InChI is InChI=1S/C10H21O/c1-4-5-6-8-11-9-7-10(2)3/h10H,1,4-9H2,2-3H3. The fourth-order valence-electron chi connectivity index (χ4n) is 0.802. The van der Waals surface area contributed by atoms with Crippen LogP contribution in [0.2, 0.25) is 0 Å². The molecule has 67 valence electrons. The van der Waals surface area contributed by atoms with Crippen LogP contribution in [0.15, 0.2) is 0 Å². The van der Waals surface area contributed by atoms with Gasteiger partial charge in [0.25, 0.3) is 0 Å². The average Bonchev–Trinajstić information content (AvgIpc) is 1.96. The number of hydrogen-bond donors (Lipinski definition) is 0.